The molecule has 1 rings (SSSR count). The van der Waals surface area contributed by atoms with Gasteiger partial charge in [0.2, 0.25) is 0 Å². The van der Waals surface area contributed by atoms with E-state index in [9.17, 15) is 0 Å². The van der Waals surface area contributed by atoms with Gasteiger partial charge in [0.1, 0.15) is 0 Å². The van der Waals surface area contributed by atoms with Crippen LogP contribution in [0.3, 0.4) is 0 Å². The van der Waals surface area contributed by atoms with E-state index in [2.05, 4.69) is 20.8 Å². The van der Waals surface area contributed by atoms with E-state index in [0.717, 1.165) is 6.54 Å². The van der Waals surface area contributed by atoms with Crippen molar-refractivity contribution in [3.8, 4) is 0 Å². The molecule has 0 bridgehead atoms. The van der Waals surface area contributed by atoms with E-state index in [1.54, 1.807) is 0 Å². The van der Waals surface area contributed by atoms with E-state index < -0.39 is 0 Å². The summed E-state index contributed by atoms with van der Waals surface area (Å²) in [5.74, 6) is 0. The maximum Gasteiger partial charge on any atom is -0.00204 e. The van der Waals surface area contributed by atoms with Crippen LogP contribution in [0, 0.1) is 10.8 Å². The van der Waals surface area contributed by atoms with Crippen LogP contribution in [0.5, 0.6) is 0 Å². The second-order valence-corrected chi connectivity index (χ2v) is 4.90. The number of hydrogen-bond acceptors (Lipinski definition) is 1. The summed E-state index contributed by atoms with van der Waals surface area (Å²) in [4.78, 5) is 0. The third-order valence-corrected chi connectivity index (χ3v) is 4.10. The molecular weight excluding hydrogens is 146 g/mol. The van der Waals surface area contributed by atoms with Crippen molar-refractivity contribution in [1.29, 1.82) is 0 Å². The van der Waals surface area contributed by atoms with Crippen molar-refractivity contribution < 1.29 is 0 Å². The molecule has 2 unspecified atom stereocenters. The van der Waals surface area contributed by atoms with Crippen LogP contribution in [0.4, 0.5) is 0 Å². The number of hydrogen-bond donors (Lipinski definition) is 1. The van der Waals surface area contributed by atoms with Crippen molar-refractivity contribution in [3.05, 3.63) is 0 Å². The minimum absolute atomic E-state index is 0.491. The molecular formula is C11H23N. The smallest absolute Gasteiger partial charge is 0.00204 e. The number of nitrogens with two attached hydrogens (primary N) is 1. The predicted octanol–water partition coefficient (Wildman–Crippen LogP) is 2.94. The van der Waals surface area contributed by atoms with Crippen molar-refractivity contribution in [2.75, 3.05) is 6.54 Å². The first-order chi connectivity index (χ1) is 5.60. The standard InChI is InChI=1S/C11H23N/c1-4-10(3)6-7-11(5-2,8-10)9-12/h4-9,12H2,1-3H3. The summed E-state index contributed by atoms with van der Waals surface area (Å²) in [5.41, 5.74) is 6.94. The molecule has 0 heterocycles. The van der Waals surface area contributed by atoms with Gasteiger partial charge in [0, 0.05) is 0 Å². The van der Waals surface area contributed by atoms with Gasteiger partial charge < -0.3 is 5.73 Å². The van der Waals surface area contributed by atoms with Crippen LogP contribution in [0.15, 0.2) is 0 Å². The highest BCUT2D eigenvalue weighted by Crippen LogP contribution is 2.52. The highest BCUT2D eigenvalue weighted by atomic mass is 14.6. The van der Waals surface area contributed by atoms with Gasteiger partial charge in [-0.25, -0.2) is 0 Å². The molecule has 0 spiro atoms. The van der Waals surface area contributed by atoms with E-state index in [1.807, 2.05) is 0 Å². The molecule has 0 amide bonds. The lowest BCUT2D eigenvalue weighted by molar-refractivity contribution is 0.233. The summed E-state index contributed by atoms with van der Waals surface area (Å²) >= 11 is 0. The molecule has 1 saturated carbocycles. The minimum atomic E-state index is 0.491. The lowest BCUT2D eigenvalue weighted by atomic mass is 9.78. The molecule has 12 heavy (non-hydrogen) atoms. The molecule has 72 valence electrons. The number of rotatable bonds is 3. The minimum Gasteiger partial charge on any atom is -0.330 e. The largest absolute Gasteiger partial charge is 0.330 e. The van der Waals surface area contributed by atoms with Crippen LogP contribution < -0.4 is 5.73 Å². The van der Waals surface area contributed by atoms with E-state index in [0.29, 0.717) is 10.8 Å². The van der Waals surface area contributed by atoms with Crippen molar-refractivity contribution >= 4 is 0 Å². The summed E-state index contributed by atoms with van der Waals surface area (Å²) in [6.45, 7) is 7.90. The Bertz CT molecular complexity index is 149. The van der Waals surface area contributed by atoms with Crippen LogP contribution in [0.1, 0.15) is 52.9 Å². The normalized spacial score (nSPS) is 42.0. The summed E-state index contributed by atoms with van der Waals surface area (Å²) in [7, 11) is 0. The fraction of sp³-hybridized carbons (Fsp3) is 1.00. The zero-order valence-electron chi connectivity index (χ0n) is 8.82. The first-order valence-electron chi connectivity index (χ1n) is 5.30. The molecule has 2 N–H and O–H groups in total. The third kappa shape index (κ3) is 1.66. The Kier molecular flexibility index (Phi) is 2.82. The average molecular weight is 169 g/mol. The Labute approximate surface area is 76.7 Å². The van der Waals surface area contributed by atoms with Gasteiger partial charge in [-0.15, -0.1) is 0 Å². The highest BCUT2D eigenvalue weighted by Gasteiger charge is 2.42. The van der Waals surface area contributed by atoms with Gasteiger partial charge in [0.25, 0.3) is 0 Å². The Morgan fingerprint density at radius 2 is 1.83 bits per heavy atom. The first kappa shape index (κ1) is 10.0. The van der Waals surface area contributed by atoms with Crippen LogP contribution in [-0.4, -0.2) is 6.54 Å². The topological polar surface area (TPSA) is 26.0 Å². The van der Waals surface area contributed by atoms with Gasteiger partial charge in [-0.2, -0.15) is 0 Å². The average Bonchev–Trinajstić information content (AvgIpc) is 2.46. The maximum atomic E-state index is 5.86. The maximum absolute atomic E-state index is 5.86. The van der Waals surface area contributed by atoms with E-state index in [-0.39, 0.29) is 0 Å². The Morgan fingerprint density at radius 3 is 2.08 bits per heavy atom. The molecule has 0 aromatic carbocycles. The van der Waals surface area contributed by atoms with E-state index >= 15 is 0 Å². The second-order valence-electron chi connectivity index (χ2n) is 4.90. The monoisotopic (exact) mass is 169 g/mol. The fourth-order valence-corrected chi connectivity index (χ4v) is 2.57. The molecule has 0 aliphatic heterocycles. The molecule has 1 fully saturated rings. The SMILES string of the molecule is CCC1(C)CCC(CC)(CN)C1. The molecule has 1 aliphatic carbocycles. The lowest BCUT2D eigenvalue weighted by Gasteiger charge is -2.29. The van der Waals surface area contributed by atoms with Crippen LogP contribution in [0.2, 0.25) is 0 Å². The van der Waals surface area contributed by atoms with E-state index in [1.165, 1.54) is 32.1 Å². The van der Waals surface area contributed by atoms with Gasteiger partial charge in [0.05, 0.1) is 0 Å². The molecule has 1 heteroatoms. The first-order valence-corrected chi connectivity index (χ1v) is 5.30. The van der Waals surface area contributed by atoms with Gasteiger partial charge in [-0.3, -0.25) is 0 Å². The predicted molar refractivity (Wildman–Crippen MR) is 54.0 cm³/mol. The van der Waals surface area contributed by atoms with Gasteiger partial charge >= 0.3 is 0 Å². The third-order valence-electron chi connectivity index (χ3n) is 4.10. The second kappa shape index (κ2) is 3.37. The van der Waals surface area contributed by atoms with Crippen molar-refractivity contribution in [3.63, 3.8) is 0 Å². The molecule has 0 aromatic rings. The molecule has 0 radical (unpaired) electrons. The van der Waals surface area contributed by atoms with E-state index in [4.69, 9.17) is 5.73 Å². The summed E-state index contributed by atoms with van der Waals surface area (Å²) in [6, 6.07) is 0. The highest BCUT2D eigenvalue weighted by molar-refractivity contribution is 4.94. The van der Waals surface area contributed by atoms with Crippen LogP contribution in [-0.2, 0) is 0 Å². The molecule has 0 saturated heterocycles. The Balaban J connectivity index is 2.64. The molecule has 2 atom stereocenters. The van der Waals surface area contributed by atoms with Crippen LogP contribution >= 0.6 is 0 Å². The molecule has 1 nitrogen and oxygen atoms in total. The Morgan fingerprint density at radius 1 is 1.17 bits per heavy atom. The molecule has 1 aliphatic rings. The lowest BCUT2D eigenvalue weighted by Crippen LogP contribution is -2.28. The zero-order valence-corrected chi connectivity index (χ0v) is 8.82. The fourth-order valence-electron chi connectivity index (χ4n) is 2.57. The molecule has 0 aromatic heterocycles. The van der Waals surface area contributed by atoms with Crippen molar-refractivity contribution in [2.45, 2.75) is 52.9 Å². The van der Waals surface area contributed by atoms with Gasteiger partial charge in [0.15, 0.2) is 0 Å². The zero-order chi connectivity index (χ0) is 9.24. The van der Waals surface area contributed by atoms with Gasteiger partial charge in [-0.05, 0) is 43.1 Å². The van der Waals surface area contributed by atoms with Crippen LogP contribution in [0.25, 0.3) is 0 Å². The Hall–Kier alpha value is -0.0400. The van der Waals surface area contributed by atoms with Crippen molar-refractivity contribution in [2.24, 2.45) is 16.6 Å². The van der Waals surface area contributed by atoms with Gasteiger partial charge in [-0.1, -0.05) is 27.2 Å². The summed E-state index contributed by atoms with van der Waals surface area (Å²) < 4.78 is 0. The summed E-state index contributed by atoms with van der Waals surface area (Å²) in [6.07, 6.45) is 6.66. The summed E-state index contributed by atoms with van der Waals surface area (Å²) in [5, 5.41) is 0. The quantitative estimate of drug-likeness (QED) is 0.690. The van der Waals surface area contributed by atoms with Crippen molar-refractivity contribution in [1.82, 2.24) is 0 Å².